The number of aromatic nitrogens is 3. The minimum absolute atomic E-state index is 0.0623. The molecule has 0 aliphatic rings. The van der Waals surface area contributed by atoms with Crippen LogP contribution in [0.25, 0.3) is 44.3 Å². The molecule has 3 aromatic heterocycles. The first-order valence-electron chi connectivity index (χ1n) is 12.7. The number of hydrogen-bond donors (Lipinski definition) is 1. The van der Waals surface area contributed by atoms with E-state index >= 15 is 0 Å². The van der Waals surface area contributed by atoms with Gasteiger partial charge in [0.05, 0.1) is 26.5 Å². The molecule has 0 bridgehead atoms. The van der Waals surface area contributed by atoms with Gasteiger partial charge in [0.25, 0.3) is 0 Å². The third-order valence-electron chi connectivity index (χ3n) is 6.80. The molecule has 41 heavy (non-hydrogen) atoms. The summed E-state index contributed by atoms with van der Waals surface area (Å²) >= 11 is 6.60. The van der Waals surface area contributed by atoms with Gasteiger partial charge in [0.1, 0.15) is 11.4 Å². The highest BCUT2D eigenvalue weighted by molar-refractivity contribution is 7.92. The zero-order valence-electron chi connectivity index (χ0n) is 21.5. The number of rotatable bonds is 7. The maximum Gasteiger partial charge on any atom is 0.194 e. The Kier molecular flexibility index (Phi) is 6.95. The van der Waals surface area contributed by atoms with E-state index in [0.29, 0.717) is 27.4 Å². The van der Waals surface area contributed by atoms with Crippen molar-refractivity contribution < 1.29 is 13.2 Å². The van der Waals surface area contributed by atoms with E-state index in [1.54, 1.807) is 36.5 Å². The average Bonchev–Trinajstić information content (AvgIpc) is 2.99. The highest BCUT2D eigenvalue weighted by Crippen LogP contribution is 2.36. The SMILES string of the molecule is O=C(Cc1c[nH]c2nc(-c3ccccc3)c(-c3cc(Cl)c4ncccc4c3)cc2c1=O)CS(=O)(=O)c1ccccc1. The fourth-order valence-electron chi connectivity index (χ4n) is 4.85. The topological polar surface area (TPSA) is 110 Å². The van der Waals surface area contributed by atoms with Crippen molar-refractivity contribution in [3.05, 3.63) is 124 Å². The van der Waals surface area contributed by atoms with Crippen LogP contribution in [0, 0.1) is 0 Å². The molecular formula is C32H22ClN3O4S. The van der Waals surface area contributed by atoms with Crippen molar-refractivity contribution in [2.75, 3.05) is 5.75 Å². The van der Waals surface area contributed by atoms with Gasteiger partial charge in [0.2, 0.25) is 0 Å². The van der Waals surface area contributed by atoms with Crippen LogP contribution in [0.1, 0.15) is 5.56 Å². The lowest BCUT2D eigenvalue weighted by molar-refractivity contribution is -0.116. The molecule has 0 atom stereocenters. The third-order valence-corrected chi connectivity index (χ3v) is 8.78. The number of fused-ring (bicyclic) bond motifs is 2. The summed E-state index contributed by atoms with van der Waals surface area (Å²) in [6, 6.07) is 26.6. The van der Waals surface area contributed by atoms with Crippen LogP contribution in [0.15, 0.2) is 113 Å². The fourth-order valence-corrected chi connectivity index (χ4v) is 6.39. The monoisotopic (exact) mass is 579 g/mol. The minimum atomic E-state index is -3.83. The van der Waals surface area contributed by atoms with Gasteiger partial charge >= 0.3 is 0 Å². The maximum atomic E-state index is 13.6. The lowest BCUT2D eigenvalue weighted by Gasteiger charge is -2.13. The molecule has 0 spiro atoms. The number of hydrogen-bond acceptors (Lipinski definition) is 6. The lowest BCUT2D eigenvalue weighted by atomic mass is 9.96. The second-order valence-electron chi connectivity index (χ2n) is 9.61. The van der Waals surface area contributed by atoms with Crippen molar-refractivity contribution in [1.82, 2.24) is 15.0 Å². The number of nitrogens with one attached hydrogen (secondary N) is 1. The summed E-state index contributed by atoms with van der Waals surface area (Å²) in [7, 11) is -3.83. The van der Waals surface area contributed by atoms with Crippen LogP contribution < -0.4 is 5.43 Å². The van der Waals surface area contributed by atoms with Crippen molar-refractivity contribution in [3.63, 3.8) is 0 Å². The number of pyridine rings is 3. The summed E-state index contributed by atoms with van der Waals surface area (Å²) < 4.78 is 25.4. The molecule has 9 heteroatoms. The summed E-state index contributed by atoms with van der Waals surface area (Å²) in [5.74, 6) is -1.28. The first-order chi connectivity index (χ1) is 19.8. The molecule has 1 N–H and O–H groups in total. The van der Waals surface area contributed by atoms with Crippen LogP contribution in [0.2, 0.25) is 5.02 Å². The number of carbonyl (C=O) groups is 1. The number of H-pyrrole nitrogens is 1. The summed E-state index contributed by atoms with van der Waals surface area (Å²) in [5.41, 5.74) is 3.69. The number of nitrogens with zero attached hydrogens (tertiary/aromatic N) is 2. The number of aromatic amines is 1. The van der Waals surface area contributed by atoms with Crippen LogP contribution >= 0.6 is 11.6 Å². The molecule has 3 aromatic carbocycles. The highest BCUT2D eigenvalue weighted by Gasteiger charge is 2.21. The average molecular weight is 580 g/mol. The van der Waals surface area contributed by atoms with Crippen molar-refractivity contribution >= 4 is 49.2 Å². The molecule has 0 amide bonds. The summed E-state index contributed by atoms with van der Waals surface area (Å²) in [4.78, 5) is 38.7. The zero-order valence-corrected chi connectivity index (χ0v) is 23.1. The number of sulfone groups is 1. The van der Waals surface area contributed by atoms with Crippen LogP contribution in [0.3, 0.4) is 0 Å². The van der Waals surface area contributed by atoms with Gasteiger partial charge in [-0.3, -0.25) is 14.6 Å². The molecule has 6 rings (SSSR count). The van der Waals surface area contributed by atoms with Crippen molar-refractivity contribution in [1.29, 1.82) is 0 Å². The Morgan fingerprint density at radius 1 is 0.878 bits per heavy atom. The fraction of sp³-hybridized carbons (Fsp3) is 0.0625. The predicted octanol–water partition coefficient (Wildman–Crippen LogP) is 6.04. The quantitative estimate of drug-likeness (QED) is 0.247. The smallest absolute Gasteiger partial charge is 0.194 e. The molecule has 7 nitrogen and oxygen atoms in total. The van der Waals surface area contributed by atoms with E-state index in [1.165, 1.54) is 18.3 Å². The van der Waals surface area contributed by atoms with E-state index in [9.17, 15) is 18.0 Å². The Balaban J connectivity index is 1.45. The van der Waals surface area contributed by atoms with Gasteiger partial charge in [-0.2, -0.15) is 0 Å². The van der Waals surface area contributed by atoms with Gasteiger partial charge in [-0.1, -0.05) is 66.2 Å². The molecule has 0 unspecified atom stereocenters. The highest BCUT2D eigenvalue weighted by atomic mass is 35.5. The molecule has 0 saturated carbocycles. The first-order valence-corrected chi connectivity index (χ1v) is 14.8. The Labute approximate surface area is 240 Å². The van der Waals surface area contributed by atoms with Gasteiger partial charge in [-0.05, 0) is 42.0 Å². The second kappa shape index (κ2) is 10.7. The molecule has 202 valence electrons. The Morgan fingerprint density at radius 2 is 1.61 bits per heavy atom. The first kappa shape index (κ1) is 26.6. The van der Waals surface area contributed by atoms with Crippen LogP contribution in [-0.2, 0) is 21.1 Å². The van der Waals surface area contributed by atoms with Gasteiger partial charge in [0, 0.05) is 40.9 Å². The second-order valence-corrected chi connectivity index (χ2v) is 12.0. The van der Waals surface area contributed by atoms with Gasteiger partial charge < -0.3 is 4.98 Å². The predicted molar refractivity (Wildman–Crippen MR) is 161 cm³/mol. The van der Waals surface area contributed by atoms with E-state index in [-0.39, 0.29) is 22.3 Å². The van der Waals surface area contributed by atoms with E-state index < -0.39 is 26.8 Å². The molecule has 0 aliphatic heterocycles. The summed E-state index contributed by atoms with van der Waals surface area (Å²) in [6.07, 6.45) is 2.77. The van der Waals surface area contributed by atoms with Crippen LogP contribution in [0.4, 0.5) is 0 Å². The summed E-state index contributed by atoms with van der Waals surface area (Å²) in [5, 5.41) is 1.57. The van der Waals surface area contributed by atoms with Crippen molar-refractivity contribution in [3.8, 4) is 22.4 Å². The van der Waals surface area contributed by atoms with E-state index in [2.05, 4.69) is 9.97 Å². The van der Waals surface area contributed by atoms with Crippen molar-refractivity contribution in [2.24, 2.45) is 0 Å². The molecule has 0 aliphatic carbocycles. The number of carbonyl (C=O) groups excluding carboxylic acids is 1. The molecule has 3 heterocycles. The van der Waals surface area contributed by atoms with Crippen LogP contribution in [-0.4, -0.2) is 34.9 Å². The molecule has 0 saturated heterocycles. The number of halogens is 1. The number of Topliss-reactive ketones (excluding diaryl/α,β-unsaturated/α-hetero) is 1. The van der Waals surface area contributed by atoms with Gasteiger partial charge in [-0.15, -0.1) is 0 Å². The largest absolute Gasteiger partial charge is 0.346 e. The lowest BCUT2D eigenvalue weighted by Crippen LogP contribution is -2.21. The Bertz CT molecular complexity index is 2110. The molecule has 6 aromatic rings. The normalized spacial score (nSPS) is 11.6. The molecular weight excluding hydrogens is 558 g/mol. The Morgan fingerprint density at radius 3 is 2.37 bits per heavy atom. The van der Waals surface area contributed by atoms with E-state index in [0.717, 1.165) is 16.5 Å². The Hall–Kier alpha value is -4.66. The van der Waals surface area contributed by atoms with Gasteiger partial charge in [-0.25, -0.2) is 13.4 Å². The van der Waals surface area contributed by atoms with Gasteiger partial charge in [0.15, 0.2) is 21.0 Å². The van der Waals surface area contributed by atoms with Crippen LogP contribution in [0.5, 0.6) is 0 Å². The molecule has 0 radical (unpaired) electrons. The zero-order chi connectivity index (χ0) is 28.6. The standard InChI is InChI=1S/C32H22ClN3O4S/c33-28-16-22(14-21-10-7-13-34-30(21)28)26-17-27-31(38)23(15-24(37)19-41(39,40)25-11-5-2-6-12-25)18-35-32(27)36-29(26)20-8-3-1-4-9-20/h1-14,16-18H,15,19H2,(H,35,36,38). The van der Waals surface area contributed by atoms with E-state index in [1.807, 2.05) is 48.5 Å². The summed E-state index contributed by atoms with van der Waals surface area (Å²) in [6.45, 7) is 0. The minimum Gasteiger partial charge on any atom is -0.346 e. The van der Waals surface area contributed by atoms with Crippen molar-refractivity contribution in [2.45, 2.75) is 11.3 Å². The third kappa shape index (κ3) is 5.27. The maximum absolute atomic E-state index is 13.6. The number of ketones is 1. The van der Waals surface area contributed by atoms with E-state index in [4.69, 9.17) is 16.6 Å². The number of benzene rings is 3. The molecule has 0 fully saturated rings.